The molecule has 1 fully saturated rings. The zero-order valence-corrected chi connectivity index (χ0v) is 25.4. The number of aryl methyl sites for hydroxylation is 2. The van der Waals surface area contributed by atoms with E-state index in [1.165, 1.54) is 17.0 Å². The minimum Gasteiger partial charge on any atom is -0.352 e. The van der Waals surface area contributed by atoms with Gasteiger partial charge in [-0.1, -0.05) is 73.7 Å². The van der Waals surface area contributed by atoms with Crippen LogP contribution in [0.2, 0.25) is 0 Å². The first kappa shape index (κ1) is 31.2. The first-order chi connectivity index (χ1) is 20.1. The van der Waals surface area contributed by atoms with Gasteiger partial charge >= 0.3 is 0 Å². The molecule has 1 aliphatic rings. The average Bonchev–Trinajstić information content (AvgIpc) is 2.98. The Balaban J connectivity index is 1.69. The topological polar surface area (TPSA) is 86.8 Å². The summed E-state index contributed by atoms with van der Waals surface area (Å²) in [6.07, 6.45) is 5.45. The van der Waals surface area contributed by atoms with E-state index in [9.17, 15) is 22.4 Å². The van der Waals surface area contributed by atoms with Crippen molar-refractivity contribution in [3.05, 3.63) is 95.3 Å². The molecule has 4 rings (SSSR count). The van der Waals surface area contributed by atoms with E-state index in [4.69, 9.17) is 0 Å². The molecule has 42 heavy (non-hydrogen) atoms. The Hall–Kier alpha value is -3.72. The van der Waals surface area contributed by atoms with Gasteiger partial charge in [-0.3, -0.25) is 13.9 Å². The van der Waals surface area contributed by atoms with E-state index in [1.54, 1.807) is 24.3 Å². The van der Waals surface area contributed by atoms with E-state index in [-0.39, 0.29) is 23.4 Å². The van der Waals surface area contributed by atoms with E-state index in [2.05, 4.69) is 5.32 Å². The van der Waals surface area contributed by atoms with E-state index < -0.39 is 34.3 Å². The highest BCUT2D eigenvalue weighted by Crippen LogP contribution is 2.26. The molecule has 0 saturated heterocycles. The predicted molar refractivity (Wildman–Crippen MR) is 163 cm³/mol. The monoisotopic (exact) mass is 593 g/mol. The Morgan fingerprint density at radius 1 is 0.881 bits per heavy atom. The maximum atomic E-state index is 14.2. The van der Waals surface area contributed by atoms with E-state index in [0.717, 1.165) is 65.2 Å². The molecule has 0 unspecified atom stereocenters. The van der Waals surface area contributed by atoms with Gasteiger partial charge in [0.1, 0.15) is 18.4 Å². The van der Waals surface area contributed by atoms with Crippen molar-refractivity contribution in [3.63, 3.8) is 0 Å². The molecule has 1 saturated carbocycles. The van der Waals surface area contributed by atoms with Crippen LogP contribution in [0.5, 0.6) is 0 Å². The number of hydrogen-bond donors (Lipinski definition) is 1. The molecule has 0 bridgehead atoms. The lowest BCUT2D eigenvalue weighted by Crippen LogP contribution is -2.54. The summed E-state index contributed by atoms with van der Waals surface area (Å²) < 4.78 is 42.4. The smallest absolute Gasteiger partial charge is 0.264 e. The van der Waals surface area contributed by atoms with Gasteiger partial charge in [0.05, 0.1) is 10.6 Å². The summed E-state index contributed by atoms with van der Waals surface area (Å²) in [6, 6.07) is 18.3. The summed E-state index contributed by atoms with van der Waals surface area (Å²) in [4.78, 5) is 29.1. The van der Waals surface area contributed by atoms with Crippen LogP contribution in [-0.4, -0.2) is 43.8 Å². The summed E-state index contributed by atoms with van der Waals surface area (Å²) in [6.45, 7) is 5.33. The van der Waals surface area contributed by atoms with E-state index >= 15 is 0 Å². The normalized spacial score (nSPS) is 14.7. The van der Waals surface area contributed by atoms with Crippen LogP contribution >= 0.6 is 0 Å². The quantitative estimate of drug-likeness (QED) is 0.300. The molecular formula is C33H40FN3O4S. The fraction of sp³-hybridized carbons (Fsp3) is 0.394. The second kappa shape index (κ2) is 14.0. The van der Waals surface area contributed by atoms with E-state index in [0.29, 0.717) is 12.1 Å². The van der Waals surface area contributed by atoms with Gasteiger partial charge in [-0.05, 0) is 75.1 Å². The zero-order chi connectivity index (χ0) is 30.3. The Bertz CT molecular complexity index is 1450. The SMILES string of the molecule is CC[C@@H](C(=O)NC1CCCCC1)N(Cc1ccc(C)cc1)C(=O)CN(c1ccc(C)cc1)S(=O)(=O)c1ccc(F)cc1. The van der Waals surface area contributed by atoms with Crippen molar-refractivity contribution in [1.29, 1.82) is 0 Å². The lowest BCUT2D eigenvalue weighted by Gasteiger charge is -2.34. The molecular weight excluding hydrogens is 553 g/mol. The molecule has 3 aromatic carbocycles. The van der Waals surface area contributed by atoms with Crippen molar-refractivity contribution >= 4 is 27.5 Å². The number of carbonyl (C=O) groups excluding carboxylic acids is 2. The highest BCUT2D eigenvalue weighted by Gasteiger charge is 2.34. The van der Waals surface area contributed by atoms with Gasteiger partial charge in [-0.2, -0.15) is 0 Å². The van der Waals surface area contributed by atoms with Crippen LogP contribution in [0.25, 0.3) is 0 Å². The number of amides is 2. The third-order valence-electron chi connectivity index (χ3n) is 7.81. The lowest BCUT2D eigenvalue weighted by molar-refractivity contribution is -0.140. The Kier molecular flexibility index (Phi) is 10.4. The van der Waals surface area contributed by atoms with Gasteiger partial charge in [-0.15, -0.1) is 0 Å². The Morgan fingerprint density at radius 2 is 1.45 bits per heavy atom. The van der Waals surface area contributed by atoms with Gasteiger partial charge in [-0.25, -0.2) is 12.8 Å². The Labute approximate surface area is 248 Å². The van der Waals surface area contributed by atoms with Gasteiger partial charge in [0, 0.05) is 12.6 Å². The highest BCUT2D eigenvalue weighted by atomic mass is 32.2. The van der Waals surface area contributed by atoms with Gasteiger partial charge in [0.2, 0.25) is 11.8 Å². The third-order valence-corrected chi connectivity index (χ3v) is 9.60. The number of sulfonamides is 1. The van der Waals surface area contributed by atoms with Crippen molar-refractivity contribution in [2.75, 3.05) is 10.8 Å². The van der Waals surface area contributed by atoms with Crippen LogP contribution in [0, 0.1) is 19.7 Å². The van der Waals surface area contributed by atoms with Crippen molar-refractivity contribution in [1.82, 2.24) is 10.2 Å². The largest absolute Gasteiger partial charge is 0.352 e. The van der Waals surface area contributed by atoms with E-state index in [1.807, 2.05) is 45.0 Å². The predicted octanol–water partition coefficient (Wildman–Crippen LogP) is 5.89. The molecule has 1 N–H and O–H groups in total. The second-order valence-corrected chi connectivity index (χ2v) is 12.9. The molecule has 7 nitrogen and oxygen atoms in total. The van der Waals surface area contributed by atoms with Crippen LogP contribution in [-0.2, 0) is 26.2 Å². The summed E-state index contributed by atoms with van der Waals surface area (Å²) in [5.74, 6) is -1.30. The number of anilines is 1. The number of carbonyl (C=O) groups is 2. The lowest BCUT2D eigenvalue weighted by atomic mass is 9.95. The van der Waals surface area contributed by atoms with Gasteiger partial charge < -0.3 is 10.2 Å². The minimum atomic E-state index is -4.25. The number of nitrogens with one attached hydrogen (secondary N) is 1. The molecule has 1 aliphatic carbocycles. The van der Waals surface area contributed by atoms with Crippen LogP contribution in [0.4, 0.5) is 10.1 Å². The zero-order valence-electron chi connectivity index (χ0n) is 24.6. The van der Waals surface area contributed by atoms with Crippen molar-refractivity contribution in [3.8, 4) is 0 Å². The summed E-state index contributed by atoms with van der Waals surface area (Å²) in [7, 11) is -4.25. The standard InChI is InChI=1S/C33H40FN3O4S/c1-4-31(33(39)35-28-8-6-5-7-9-28)36(22-26-14-10-24(2)11-15-26)32(38)23-37(29-18-12-25(3)13-19-29)42(40,41)30-20-16-27(34)17-21-30/h10-21,28,31H,4-9,22-23H2,1-3H3,(H,35,39)/t31-/m0/s1. The molecule has 0 spiro atoms. The van der Waals surface area contributed by atoms with Crippen molar-refractivity contribution in [2.45, 2.75) is 82.8 Å². The van der Waals surface area contributed by atoms with Crippen LogP contribution in [0.3, 0.4) is 0 Å². The highest BCUT2D eigenvalue weighted by molar-refractivity contribution is 7.92. The number of halogens is 1. The maximum absolute atomic E-state index is 14.2. The van der Waals surface area contributed by atoms with Crippen LogP contribution in [0.1, 0.15) is 62.1 Å². The summed E-state index contributed by atoms with van der Waals surface area (Å²) in [5.41, 5.74) is 3.12. The first-order valence-corrected chi connectivity index (χ1v) is 16.0. The number of nitrogens with zero attached hydrogens (tertiary/aromatic N) is 2. The molecule has 3 aromatic rings. The first-order valence-electron chi connectivity index (χ1n) is 14.6. The second-order valence-electron chi connectivity index (χ2n) is 11.1. The molecule has 0 radical (unpaired) electrons. The molecule has 1 atom stereocenters. The van der Waals surface area contributed by atoms with Gasteiger partial charge in [0.15, 0.2) is 0 Å². The maximum Gasteiger partial charge on any atom is 0.264 e. The third kappa shape index (κ3) is 7.76. The summed E-state index contributed by atoms with van der Waals surface area (Å²) >= 11 is 0. The molecule has 0 heterocycles. The number of rotatable bonds is 11. The fourth-order valence-electron chi connectivity index (χ4n) is 5.33. The fourth-order valence-corrected chi connectivity index (χ4v) is 6.74. The molecule has 0 aliphatic heterocycles. The number of benzene rings is 3. The molecule has 9 heteroatoms. The van der Waals surface area contributed by atoms with Crippen LogP contribution < -0.4 is 9.62 Å². The molecule has 2 amide bonds. The van der Waals surface area contributed by atoms with Crippen molar-refractivity contribution < 1.29 is 22.4 Å². The van der Waals surface area contributed by atoms with Crippen molar-refractivity contribution in [2.24, 2.45) is 0 Å². The average molecular weight is 594 g/mol. The van der Waals surface area contributed by atoms with Gasteiger partial charge in [0.25, 0.3) is 10.0 Å². The minimum absolute atomic E-state index is 0.0690. The molecule has 224 valence electrons. The number of hydrogen-bond acceptors (Lipinski definition) is 4. The molecule has 0 aromatic heterocycles. The van der Waals surface area contributed by atoms with Crippen LogP contribution in [0.15, 0.2) is 77.7 Å². The Morgan fingerprint density at radius 3 is 2.02 bits per heavy atom. The summed E-state index contributed by atoms with van der Waals surface area (Å²) in [5, 5.41) is 3.15.